The summed E-state index contributed by atoms with van der Waals surface area (Å²) in [6, 6.07) is 10.5. The molecular weight excluding hydrogens is 405 g/mol. The first kappa shape index (κ1) is 20.7. The number of allylic oxidation sites excluding steroid dienone is 1. The Kier molecular flexibility index (Phi) is 5.97. The SMILES string of the molecule is COc1cc(C(=O)/C=C/N2C3CCC2CN(Cc2ccc(F)cc2)C3)c(N)cc1Cl. The van der Waals surface area contributed by atoms with E-state index in [0.717, 1.165) is 38.0 Å². The van der Waals surface area contributed by atoms with Crippen molar-refractivity contribution in [1.29, 1.82) is 0 Å². The standard InChI is InChI=1S/C23H25ClFN3O2/c1-30-23-10-19(21(26)11-20(23)24)22(29)8-9-28-17-6-7-18(28)14-27(13-17)12-15-2-4-16(25)5-3-15/h2-5,8-11,17-18H,6-7,12-14,26H2,1H3/b9-8+. The topological polar surface area (TPSA) is 58.8 Å². The van der Waals surface area contributed by atoms with Gasteiger partial charge in [-0.1, -0.05) is 23.7 Å². The van der Waals surface area contributed by atoms with Crippen molar-refractivity contribution in [1.82, 2.24) is 9.80 Å². The van der Waals surface area contributed by atoms with Crippen molar-refractivity contribution in [3.8, 4) is 5.75 Å². The zero-order chi connectivity index (χ0) is 21.3. The van der Waals surface area contributed by atoms with E-state index in [1.54, 1.807) is 18.2 Å². The number of carbonyl (C=O) groups excluding carboxylic acids is 1. The van der Waals surface area contributed by atoms with E-state index in [0.29, 0.717) is 34.1 Å². The number of halogens is 2. The molecular formula is C23H25ClFN3O2. The molecule has 2 atom stereocenters. The van der Waals surface area contributed by atoms with Crippen molar-refractivity contribution >= 4 is 23.1 Å². The number of nitrogens with zero attached hydrogens (tertiary/aromatic N) is 2. The molecule has 2 aliphatic rings. The highest BCUT2D eigenvalue weighted by molar-refractivity contribution is 6.32. The third-order valence-electron chi connectivity index (χ3n) is 5.92. The fourth-order valence-corrected chi connectivity index (χ4v) is 4.67. The van der Waals surface area contributed by atoms with Crippen LogP contribution in [0, 0.1) is 5.82 Å². The van der Waals surface area contributed by atoms with Gasteiger partial charge in [0.1, 0.15) is 11.6 Å². The van der Waals surface area contributed by atoms with Crippen molar-refractivity contribution in [2.45, 2.75) is 31.5 Å². The van der Waals surface area contributed by atoms with E-state index in [1.807, 2.05) is 18.3 Å². The summed E-state index contributed by atoms with van der Waals surface area (Å²) in [7, 11) is 1.50. The maximum absolute atomic E-state index is 13.1. The first-order chi connectivity index (χ1) is 14.4. The van der Waals surface area contributed by atoms with Gasteiger partial charge in [-0.05, 0) is 42.7 Å². The van der Waals surface area contributed by atoms with E-state index in [2.05, 4.69) is 9.80 Å². The summed E-state index contributed by atoms with van der Waals surface area (Å²) in [6.45, 7) is 2.65. The predicted octanol–water partition coefficient (Wildman–Crippen LogP) is 4.12. The Bertz CT molecular complexity index is 950. The quantitative estimate of drug-likeness (QED) is 0.425. The van der Waals surface area contributed by atoms with E-state index in [4.69, 9.17) is 22.1 Å². The van der Waals surface area contributed by atoms with Gasteiger partial charge in [0, 0.05) is 55.2 Å². The number of nitrogens with two attached hydrogens (primary N) is 1. The van der Waals surface area contributed by atoms with E-state index in [-0.39, 0.29) is 11.6 Å². The molecule has 0 spiro atoms. The molecule has 2 N–H and O–H groups in total. The number of anilines is 1. The van der Waals surface area contributed by atoms with Crippen molar-refractivity contribution in [2.75, 3.05) is 25.9 Å². The van der Waals surface area contributed by atoms with Crippen LogP contribution in [0.5, 0.6) is 5.75 Å². The molecule has 30 heavy (non-hydrogen) atoms. The number of nitrogen functional groups attached to an aromatic ring is 1. The number of benzene rings is 2. The summed E-state index contributed by atoms with van der Waals surface area (Å²) >= 11 is 6.07. The van der Waals surface area contributed by atoms with E-state index in [1.165, 1.54) is 19.2 Å². The number of methoxy groups -OCH3 is 1. The average Bonchev–Trinajstić information content (AvgIpc) is 2.96. The third-order valence-corrected chi connectivity index (χ3v) is 6.22. The van der Waals surface area contributed by atoms with Crippen LogP contribution in [0.3, 0.4) is 0 Å². The summed E-state index contributed by atoms with van der Waals surface area (Å²) in [6.07, 6.45) is 5.68. The third kappa shape index (κ3) is 4.30. The van der Waals surface area contributed by atoms with Crippen LogP contribution in [-0.4, -0.2) is 47.9 Å². The molecule has 2 unspecified atom stereocenters. The first-order valence-corrected chi connectivity index (χ1v) is 10.4. The van der Waals surface area contributed by atoms with Gasteiger partial charge in [0.15, 0.2) is 5.78 Å². The summed E-state index contributed by atoms with van der Waals surface area (Å²) in [5, 5.41) is 0.380. The lowest BCUT2D eigenvalue weighted by Gasteiger charge is -2.40. The second-order valence-electron chi connectivity index (χ2n) is 7.91. The van der Waals surface area contributed by atoms with Crippen molar-refractivity contribution in [3.63, 3.8) is 0 Å². The minimum absolute atomic E-state index is 0.171. The minimum atomic E-state index is -0.211. The molecule has 2 saturated heterocycles. The number of hydrogen-bond donors (Lipinski definition) is 1. The molecule has 2 heterocycles. The zero-order valence-electron chi connectivity index (χ0n) is 16.9. The van der Waals surface area contributed by atoms with Crippen LogP contribution in [-0.2, 0) is 6.54 Å². The molecule has 0 saturated carbocycles. The number of ether oxygens (including phenoxy) is 1. The summed E-state index contributed by atoms with van der Waals surface area (Å²) in [5.74, 6) is 0.0464. The lowest BCUT2D eigenvalue weighted by molar-refractivity contribution is 0.0967. The highest BCUT2D eigenvalue weighted by Crippen LogP contribution is 2.32. The number of ketones is 1. The number of hydrogen-bond acceptors (Lipinski definition) is 5. The molecule has 158 valence electrons. The lowest BCUT2D eigenvalue weighted by Crippen LogP contribution is -2.50. The van der Waals surface area contributed by atoms with Gasteiger partial charge in [-0.2, -0.15) is 0 Å². The van der Waals surface area contributed by atoms with Gasteiger partial charge in [0.2, 0.25) is 0 Å². The van der Waals surface area contributed by atoms with Crippen LogP contribution < -0.4 is 10.5 Å². The number of fused-ring (bicyclic) bond motifs is 2. The molecule has 4 rings (SSSR count). The molecule has 0 radical (unpaired) electrons. The number of rotatable bonds is 6. The fourth-order valence-electron chi connectivity index (χ4n) is 4.43. The van der Waals surface area contributed by atoms with Crippen LogP contribution in [0.25, 0.3) is 0 Å². The second kappa shape index (κ2) is 8.66. The molecule has 2 bridgehead atoms. The molecule has 2 aliphatic heterocycles. The van der Waals surface area contributed by atoms with Crippen molar-refractivity contribution in [2.24, 2.45) is 0 Å². The van der Waals surface area contributed by atoms with Crippen LogP contribution >= 0.6 is 11.6 Å². The highest BCUT2D eigenvalue weighted by Gasteiger charge is 2.38. The Morgan fingerprint density at radius 3 is 2.53 bits per heavy atom. The van der Waals surface area contributed by atoms with Crippen LogP contribution in [0.4, 0.5) is 10.1 Å². The second-order valence-corrected chi connectivity index (χ2v) is 8.31. The number of likely N-dealkylation sites (tertiary alicyclic amines) is 1. The Balaban J connectivity index is 1.42. The fraction of sp³-hybridized carbons (Fsp3) is 0.348. The zero-order valence-corrected chi connectivity index (χ0v) is 17.6. The maximum Gasteiger partial charge on any atom is 0.189 e. The number of carbonyl (C=O) groups is 1. The van der Waals surface area contributed by atoms with E-state index in [9.17, 15) is 9.18 Å². The highest BCUT2D eigenvalue weighted by atomic mass is 35.5. The van der Waals surface area contributed by atoms with Gasteiger partial charge in [0.05, 0.1) is 12.1 Å². The Labute approximate surface area is 180 Å². The van der Waals surface area contributed by atoms with Gasteiger partial charge >= 0.3 is 0 Å². The van der Waals surface area contributed by atoms with E-state index < -0.39 is 0 Å². The maximum atomic E-state index is 13.1. The smallest absolute Gasteiger partial charge is 0.189 e. The van der Waals surface area contributed by atoms with Crippen molar-refractivity contribution < 1.29 is 13.9 Å². The van der Waals surface area contributed by atoms with E-state index >= 15 is 0 Å². The first-order valence-electron chi connectivity index (χ1n) is 10.0. The normalized spacial score (nSPS) is 21.4. The van der Waals surface area contributed by atoms with Crippen LogP contribution in [0.2, 0.25) is 5.02 Å². The number of piperazine rings is 1. The largest absolute Gasteiger partial charge is 0.495 e. The molecule has 7 heteroatoms. The molecule has 0 aromatic heterocycles. The lowest BCUT2D eigenvalue weighted by atomic mass is 10.1. The van der Waals surface area contributed by atoms with Gasteiger partial charge in [-0.15, -0.1) is 0 Å². The molecule has 2 fully saturated rings. The van der Waals surface area contributed by atoms with Crippen molar-refractivity contribution in [3.05, 3.63) is 70.6 Å². The molecule has 2 aromatic rings. The predicted molar refractivity (Wildman–Crippen MR) is 116 cm³/mol. The van der Waals surface area contributed by atoms with Gasteiger partial charge < -0.3 is 15.4 Å². The molecule has 5 nitrogen and oxygen atoms in total. The summed E-state index contributed by atoms with van der Waals surface area (Å²) in [4.78, 5) is 17.4. The Morgan fingerprint density at radius 2 is 1.90 bits per heavy atom. The monoisotopic (exact) mass is 429 g/mol. The van der Waals surface area contributed by atoms with Gasteiger partial charge in [-0.25, -0.2) is 4.39 Å². The van der Waals surface area contributed by atoms with Crippen LogP contribution in [0.1, 0.15) is 28.8 Å². The Morgan fingerprint density at radius 1 is 1.23 bits per heavy atom. The Hall–Kier alpha value is -2.57. The van der Waals surface area contributed by atoms with Gasteiger partial charge in [-0.3, -0.25) is 9.69 Å². The molecule has 0 aliphatic carbocycles. The van der Waals surface area contributed by atoms with Gasteiger partial charge in [0.25, 0.3) is 0 Å². The van der Waals surface area contributed by atoms with Crippen LogP contribution in [0.15, 0.2) is 48.7 Å². The minimum Gasteiger partial charge on any atom is -0.495 e. The molecule has 0 amide bonds. The average molecular weight is 430 g/mol. The summed E-state index contributed by atoms with van der Waals surface area (Å²) in [5.41, 5.74) is 7.82. The molecule has 2 aromatic carbocycles. The summed E-state index contributed by atoms with van der Waals surface area (Å²) < 4.78 is 18.3.